The third-order valence-electron chi connectivity index (χ3n) is 5.31. The number of aromatic nitrogens is 3. The molecule has 2 aromatic heterocycles. The number of rotatable bonds is 5. The second-order valence-electron chi connectivity index (χ2n) is 8.08. The van der Waals surface area contributed by atoms with Gasteiger partial charge in [-0.1, -0.05) is 0 Å². The summed E-state index contributed by atoms with van der Waals surface area (Å²) in [6.07, 6.45) is 2.12. The van der Waals surface area contributed by atoms with Crippen molar-refractivity contribution in [1.82, 2.24) is 14.8 Å². The molecule has 0 spiro atoms. The summed E-state index contributed by atoms with van der Waals surface area (Å²) in [7, 11) is 0. The number of β-amino-alcohol motifs (C(OH)–C–C–N with tert-alkyl or cyclic N) is 1. The number of nitrogens with zero attached hydrogens (tertiary/aromatic N) is 4. The molecule has 0 amide bonds. The van der Waals surface area contributed by atoms with E-state index in [4.69, 9.17) is 0 Å². The number of nitrogens with one attached hydrogen (secondary N) is 1. The Bertz CT molecular complexity index is 836. The summed E-state index contributed by atoms with van der Waals surface area (Å²) in [5, 5.41) is 17.5. The highest BCUT2D eigenvalue weighted by Gasteiger charge is 2.37. The zero-order chi connectivity index (χ0) is 19.9. The maximum atomic E-state index is 13.4. The quantitative estimate of drug-likeness (QED) is 0.813. The predicted octanol–water partition coefficient (Wildman–Crippen LogP) is 3.30. The molecular formula is C19H24F3N5O. The topological polar surface area (TPSA) is 66.2 Å². The maximum absolute atomic E-state index is 13.4. The SMILES string of the molecule is CC1(O)CN(c2cc(NC3CCC(F)(F)CC3)nc(-n3ccc(CF)n3)c2)C1. The Balaban J connectivity index is 1.58. The Morgan fingerprint density at radius 2 is 1.96 bits per heavy atom. The van der Waals surface area contributed by atoms with Gasteiger partial charge < -0.3 is 15.3 Å². The van der Waals surface area contributed by atoms with Gasteiger partial charge in [-0.25, -0.2) is 22.8 Å². The van der Waals surface area contributed by atoms with Crippen molar-refractivity contribution in [2.75, 3.05) is 23.3 Å². The van der Waals surface area contributed by atoms with E-state index in [1.54, 1.807) is 19.2 Å². The molecule has 1 aliphatic heterocycles. The van der Waals surface area contributed by atoms with Gasteiger partial charge in [-0.15, -0.1) is 0 Å². The van der Waals surface area contributed by atoms with Crippen molar-refractivity contribution in [1.29, 1.82) is 0 Å². The van der Waals surface area contributed by atoms with E-state index in [9.17, 15) is 18.3 Å². The highest BCUT2D eigenvalue weighted by atomic mass is 19.3. The van der Waals surface area contributed by atoms with Crippen molar-refractivity contribution in [3.8, 4) is 5.82 Å². The minimum atomic E-state index is -2.58. The lowest BCUT2D eigenvalue weighted by atomic mass is 9.92. The summed E-state index contributed by atoms with van der Waals surface area (Å²) in [5.74, 6) is -1.52. The number of aliphatic hydroxyl groups is 1. The van der Waals surface area contributed by atoms with Crippen LogP contribution < -0.4 is 10.2 Å². The van der Waals surface area contributed by atoms with Crippen LogP contribution in [0.3, 0.4) is 0 Å². The Kier molecular flexibility index (Phi) is 4.73. The van der Waals surface area contributed by atoms with E-state index >= 15 is 0 Å². The van der Waals surface area contributed by atoms with Crippen LogP contribution >= 0.6 is 0 Å². The number of anilines is 2. The molecule has 0 unspecified atom stereocenters. The normalized spacial score (nSPS) is 21.4. The van der Waals surface area contributed by atoms with Gasteiger partial charge >= 0.3 is 0 Å². The third-order valence-corrected chi connectivity index (χ3v) is 5.31. The minimum absolute atomic E-state index is 0.0752. The molecular weight excluding hydrogens is 371 g/mol. The van der Waals surface area contributed by atoms with Crippen molar-refractivity contribution in [2.24, 2.45) is 0 Å². The summed E-state index contributed by atoms with van der Waals surface area (Å²) >= 11 is 0. The number of alkyl halides is 3. The van der Waals surface area contributed by atoms with Gasteiger partial charge in [0.05, 0.1) is 11.3 Å². The van der Waals surface area contributed by atoms with Crippen molar-refractivity contribution in [3.63, 3.8) is 0 Å². The van der Waals surface area contributed by atoms with Crippen LogP contribution in [0.1, 0.15) is 38.3 Å². The first kappa shape index (κ1) is 19.0. The second kappa shape index (κ2) is 6.95. The minimum Gasteiger partial charge on any atom is -0.386 e. The van der Waals surface area contributed by atoms with Crippen LogP contribution in [0.25, 0.3) is 5.82 Å². The fourth-order valence-electron chi connectivity index (χ4n) is 3.79. The molecule has 1 saturated heterocycles. The molecule has 6 nitrogen and oxygen atoms in total. The molecule has 0 bridgehead atoms. The Labute approximate surface area is 161 Å². The first-order chi connectivity index (χ1) is 13.2. The summed E-state index contributed by atoms with van der Waals surface area (Å²) in [5.41, 5.74) is 0.416. The molecule has 1 saturated carbocycles. The van der Waals surface area contributed by atoms with Crippen LogP contribution in [0, 0.1) is 0 Å². The van der Waals surface area contributed by atoms with Gasteiger partial charge in [0.1, 0.15) is 12.5 Å². The molecule has 9 heteroatoms. The van der Waals surface area contributed by atoms with Gasteiger partial charge in [-0.05, 0) is 25.8 Å². The predicted molar refractivity (Wildman–Crippen MR) is 99.8 cm³/mol. The monoisotopic (exact) mass is 395 g/mol. The van der Waals surface area contributed by atoms with Gasteiger partial charge in [0.25, 0.3) is 0 Å². The number of hydrogen-bond donors (Lipinski definition) is 2. The summed E-state index contributed by atoms with van der Waals surface area (Å²) in [4.78, 5) is 6.55. The Morgan fingerprint density at radius 1 is 1.25 bits per heavy atom. The van der Waals surface area contributed by atoms with Gasteiger partial charge in [-0.3, -0.25) is 0 Å². The van der Waals surface area contributed by atoms with Gasteiger partial charge in [0, 0.05) is 56.0 Å². The van der Waals surface area contributed by atoms with Crippen molar-refractivity contribution in [3.05, 3.63) is 30.1 Å². The molecule has 0 aromatic carbocycles. The fraction of sp³-hybridized carbons (Fsp3) is 0.579. The summed E-state index contributed by atoms with van der Waals surface area (Å²) in [6, 6.07) is 5.18. The maximum Gasteiger partial charge on any atom is 0.248 e. The lowest BCUT2D eigenvalue weighted by Gasteiger charge is -2.45. The zero-order valence-corrected chi connectivity index (χ0v) is 15.7. The van der Waals surface area contributed by atoms with E-state index in [1.165, 1.54) is 4.68 Å². The molecule has 2 fully saturated rings. The molecule has 1 aliphatic carbocycles. The number of hydrogen-bond acceptors (Lipinski definition) is 5. The van der Waals surface area contributed by atoms with E-state index in [1.807, 2.05) is 17.0 Å². The fourth-order valence-corrected chi connectivity index (χ4v) is 3.79. The van der Waals surface area contributed by atoms with Crippen LogP contribution in [0.5, 0.6) is 0 Å². The van der Waals surface area contributed by atoms with Crippen molar-refractivity contribution >= 4 is 11.5 Å². The summed E-state index contributed by atoms with van der Waals surface area (Å²) in [6.45, 7) is 2.08. The van der Waals surface area contributed by atoms with E-state index in [-0.39, 0.29) is 18.9 Å². The zero-order valence-electron chi connectivity index (χ0n) is 15.7. The molecule has 2 aliphatic rings. The third kappa shape index (κ3) is 4.09. The smallest absolute Gasteiger partial charge is 0.248 e. The van der Waals surface area contributed by atoms with Crippen LogP contribution in [0.2, 0.25) is 0 Å². The standard InChI is InChI=1S/C19H24F3N5O/c1-18(28)11-26(12-18)15-8-16(23-13-2-5-19(21,22)6-3-13)24-17(9-15)27-7-4-14(10-20)25-27/h4,7-9,13,28H,2-3,5-6,10-12H2,1H3,(H,23,24). The molecule has 4 rings (SSSR count). The van der Waals surface area contributed by atoms with Gasteiger partial charge in [0.15, 0.2) is 5.82 Å². The number of halogens is 3. The van der Waals surface area contributed by atoms with E-state index in [2.05, 4.69) is 15.4 Å². The lowest BCUT2D eigenvalue weighted by Crippen LogP contribution is -2.60. The lowest BCUT2D eigenvalue weighted by molar-refractivity contribution is -0.0361. The largest absolute Gasteiger partial charge is 0.386 e. The molecule has 2 N–H and O–H groups in total. The van der Waals surface area contributed by atoms with Crippen LogP contribution in [0.4, 0.5) is 24.7 Å². The Morgan fingerprint density at radius 3 is 2.57 bits per heavy atom. The Hall–Kier alpha value is -2.29. The average molecular weight is 395 g/mol. The molecule has 0 atom stereocenters. The summed E-state index contributed by atoms with van der Waals surface area (Å²) < 4.78 is 41.2. The van der Waals surface area contributed by atoms with E-state index < -0.39 is 18.2 Å². The molecule has 0 radical (unpaired) electrons. The van der Waals surface area contributed by atoms with E-state index in [0.717, 1.165) is 5.69 Å². The van der Waals surface area contributed by atoms with Crippen molar-refractivity contribution in [2.45, 2.75) is 56.8 Å². The van der Waals surface area contributed by atoms with Crippen LogP contribution in [-0.2, 0) is 6.67 Å². The second-order valence-corrected chi connectivity index (χ2v) is 8.08. The van der Waals surface area contributed by atoms with Gasteiger partial charge in [0.2, 0.25) is 5.92 Å². The number of pyridine rings is 1. The highest BCUT2D eigenvalue weighted by Crippen LogP contribution is 2.35. The molecule has 28 heavy (non-hydrogen) atoms. The van der Waals surface area contributed by atoms with Crippen LogP contribution in [-0.4, -0.2) is 50.5 Å². The van der Waals surface area contributed by atoms with Crippen molar-refractivity contribution < 1.29 is 18.3 Å². The first-order valence-electron chi connectivity index (χ1n) is 9.48. The first-order valence-corrected chi connectivity index (χ1v) is 9.48. The molecule has 3 heterocycles. The van der Waals surface area contributed by atoms with Crippen LogP contribution in [0.15, 0.2) is 24.4 Å². The molecule has 2 aromatic rings. The van der Waals surface area contributed by atoms with Gasteiger partial charge in [-0.2, -0.15) is 5.10 Å². The average Bonchev–Trinajstić information content (AvgIpc) is 3.10. The molecule has 152 valence electrons. The van der Waals surface area contributed by atoms with E-state index in [0.29, 0.717) is 43.3 Å². The highest BCUT2D eigenvalue weighted by molar-refractivity contribution is 5.60.